The minimum atomic E-state index is -0.437. The van der Waals surface area contributed by atoms with Crippen molar-refractivity contribution in [3.8, 4) is 11.5 Å². The molecule has 0 amide bonds. The van der Waals surface area contributed by atoms with Crippen LogP contribution in [0.3, 0.4) is 0 Å². The molecule has 0 heterocycles. The molecular formula is C13H20ClNO4. The summed E-state index contributed by atoms with van der Waals surface area (Å²) in [6.45, 7) is 2.12. The minimum Gasteiger partial charge on any atom is -0.497 e. The van der Waals surface area contributed by atoms with Crippen molar-refractivity contribution in [1.82, 2.24) is 0 Å². The van der Waals surface area contributed by atoms with Crippen LogP contribution in [0.2, 0.25) is 0 Å². The number of rotatable bonds is 6. The van der Waals surface area contributed by atoms with Crippen LogP contribution in [0.15, 0.2) is 18.2 Å². The highest BCUT2D eigenvalue weighted by Gasteiger charge is 2.14. The van der Waals surface area contributed by atoms with Crippen molar-refractivity contribution >= 4 is 18.4 Å². The Labute approximate surface area is 119 Å². The number of carbonyl (C=O) groups excluding carboxylic acids is 1. The molecule has 1 aromatic rings. The fraction of sp³-hybridized carbons (Fsp3) is 0.462. The van der Waals surface area contributed by atoms with Crippen molar-refractivity contribution in [2.75, 3.05) is 20.8 Å². The van der Waals surface area contributed by atoms with Gasteiger partial charge < -0.3 is 19.9 Å². The van der Waals surface area contributed by atoms with Gasteiger partial charge >= 0.3 is 5.97 Å². The predicted octanol–water partition coefficient (Wildman–Crippen LogP) is 2.08. The van der Waals surface area contributed by atoms with Crippen molar-refractivity contribution < 1.29 is 19.0 Å². The maximum absolute atomic E-state index is 11.4. The van der Waals surface area contributed by atoms with E-state index in [9.17, 15) is 4.79 Å². The number of hydrogen-bond acceptors (Lipinski definition) is 5. The van der Waals surface area contributed by atoms with Gasteiger partial charge in [0.1, 0.15) is 11.5 Å². The van der Waals surface area contributed by atoms with E-state index in [1.54, 1.807) is 39.3 Å². The molecule has 5 nitrogen and oxygen atoms in total. The third kappa shape index (κ3) is 5.36. The fourth-order valence-corrected chi connectivity index (χ4v) is 1.56. The van der Waals surface area contributed by atoms with E-state index in [2.05, 4.69) is 0 Å². The van der Waals surface area contributed by atoms with Gasteiger partial charge in [-0.3, -0.25) is 4.79 Å². The Kier molecular flexibility index (Phi) is 7.95. The summed E-state index contributed by atoms with van der Waals surface area (Å²) < 4.78 is 15.2. The van der Waals surface area contributed by atoms with Crippen molar-refractivity contribution in [3.05, 3.63) is 23.8 Å². The van der Waals surface area contributed by atoms with E-state index < -0.39 is 6.04 Å². The first-order chi connectivity index (χ1) is 8.60. The van der Waals surface area contributed by atoms with Crippen LogP contribution >= 0.6 is 12.4 Å². The molecule has 0 fully saturated rings. The second-order valence-electron chi connectivity index (χ2n) is 3.76. The molecule has 0 aliphatic rings. The first kappa shape index (κ1) is 17.5. The molecule has 0 aliphatic heterocycles. The number of ether oxygens (including phenoxy) is 3. The fourth-order valence-electron chi connectivity index (χ4n) is 1.56. The summed E-state index contributed by atoms with van der Waals surface area (Å²) in [5.41, 5.74) is 6.74. The monoisotopic (exact) mass is 289 g/mol. The number of benzene rings is 1. The maximum atomic E-state index is 11.4. The number of carbonyl (C=O) groups is 1. The average molecular weight is 290 g/mol. The Morgan fingerprint density at radius 3 is 2.16 bits per heavy atom. The van der Waals surface area contributed by atoms with E-state index in [4.69, 9.17) is 19.9 Å². The van der Waals surface area contributed by atoms with Gasteiger partial charge in [0, 0.05) is 12.1 Å². The normalized spacial score (nSPS) is 11.2. The molecule has 0 spiro atoms. The van der Waals surface area contributed by atoms with Gasteiger partial charge in [0.05, 0.1) is 27.2 Å². The van der Waals surface area contributed by atoms with Gasteiger partial charge in [-0.25, -0.2) is 0 Å². The molecule has 2 N–H and O–H groups in total. The summed E-state index contributed by atoms with van der Waals surface area (Å²) in [5, 5.41) is 0. The summed E-state index contributed by atoms with van der Waals surface area (Å²) in [5.74, 6) is 0.971. The van der Waals surface area contributed by atoms with Gasteiger partial charge in [-0.15, -0.1) is 12.4 Å². The lowest BCUT2D eigenvalue weighted by molar-refractivity contribution is -0.143. The third-order valence-electron chi connectivity index (χ3n) is 2.49. The number of hydrogen-bond donors (Lipinski definition) is 1. The highest BCUT2D eigenvalue weighted by Crippen LogP contribution is 2.26. The second kappa shape index (κ2) is 8.61. The van der Waals surface area contributed by atoms with Gasteiger partial charge in [-0.1, -0.05) is 0 Å². The van der Waals surface area contributed by atoms with Gasteiger partial charge in [-0.2, -0.15) is 0 Å². The molecule has 108 valence electrons. The molecule has 0 bridgehead atoms. The number of nitrogens with two attached hydrogens (primary N) is 1. The van der Waals surface area contributed by atoms with Crippen LogP contribution in [0.5, 0.6) is 11.5 Å². The highest BCUT2D eigenvalue weighted by molar-refractivity contribution is 5.85. The number of halogens is 1. The lowest BCUT2D eigenvalue weighted by atomic mass is 10.0. The molecule has 0 radical (unpaired) electrons. The van der Waals surface area contributed by atoms with Crippen LogP contribution in [-0.4, -0.2) is 26.8 Å². The molecule has 6 heteroatoms. The van der Waals surface area contributed by atoms with Gasteiger partial charge in [0.25, 0.3) is 0 Å². The zero-order valence-electron chi connectivity index (χ0n) is 11.3. The van der Waals surface area contributed by atoms with E-state index in [0.29, 0.717) is 18.1 Å². The summed E-state index contributed by atoms with van der Waals surface area (Å²) in [4.78, 5) is 11.4. The van der Waals surface area contributed by atoms with E-state index in [1.165, 1.54) is 0 Å². The highest BCUT2D eigenvalue weighted by atomic mass is 35.5. The first-order valence-electron chi connectivity index (χ1n) is 5.74. The molecule has 0 saturated heterocycles. The summed E-state index contributed by atoms with van der Waals surface area (Å²) in [6.07, 6.45) is 0.129. The summed E-state index contributed by atoms with van der Waals surface area (Å²) in [6, 6.07) is 4.88. The van der Waals surface area contributed by atoms with Crippen LogP contribution in [0, 0.1) is 0 Å². The standard InChI is InChI=1S/C13H19NO4.ClH/c1-4-18-13(15)8-12(14)9-5-10(16-2)7-11(6-9)17-3;/h5-7,12H,4,8,14H2,1-3H3;1H/t12-;/m1./s1. The Morgan fingerprint density at radius 2 is 1.74 bits per heavy atom. The maximum Gasteiger partial charge on any atom is 0.307 e. The summed E-state index contributed by atoms with van der Waals surface area (Å²) in [7, 11) is 3.13. The second-order valence-corrected chi connectivity index (χ2v) is 3.76. The molecule has 0 aromatic heterocycles. The van der Waals surface area contributed by atoms with Gasteiger partial charge in [0.2, 0.25) is 0 Å². The van der Waals surface area contributed by atoms with Crippen LogP contribution in [0.25, 0.3) is 0 Å². The third-order valence-corrected chi connectivity index (χ3v) is 2.49. The Morgan fingerprint density at radius 1 is 1.21 bits per heavy atom. The van der Waals surface area contributed by atoms with Crippen molar-refractivity contribution in [2.24, 2.45) is 5.73 Å². The zero-order chi connectivity index (χ0) is 13.5. The van der Waals surface area contributed by atoms with E-state index in [-0.39, 0.29) is 24.8 Å². The van der Waals surface area contributed by atoms with Crippen molar-refractivity contribution in [1.29, 1.82) is 0 Å². The summed E-state index contributed by atoms with van der Waals surface area (Å²) >= 11 is 0. The largest absolute Gasteiger partial charge is 0.497 e. The lowest BCUT2D eigenvalue weighted by Gasteiger charge is -2.14. The molecule has 0 unspecified atom stereocenters. The van der Waals surface area contributed by atoms with Crippen LogP contribution in [0.4, 0.5) is 0 Å². The van der Waals surface area contributed by atoms with E-state index in [0.717, 1.165) is 5.56 Å². The molecule has 19 heavy (non-hydrogen) atoms. The lowest BCUT2D eigenvalue weighted by Crippen LogP contribution is -2.17. The Bertz CT molecular complexity index is 389. The van der Waals surface area contributed by atoms with Crippen molar-refractivity contribution in [3.63, 3.8) is 0 Å². The van der Waals surface area contributed by atoms with Gasteiger partial charge in [-0.05, 0) is 24.6 Å². The first-order valence-corrected chi connectivity index (χ1v) is 5.74. The molecule has 0 saturated carbocycles. The molecular weight excluding hydrogens is 270 g/mol. The average Bonchev–Trinajstić information content (AvgIpc) is 2.38. The van der Waals surface area contributed by atoms with Gasteiger partial charge in [0.15, 0.2) is 0 Å². The molecule has 1 rings (SSSR count). The van der Waals surface area contributed by atoms with Crippen LogP contribution in [-0.2, 0) is 9.53 Å². The molecule has 1 aromatic carbocycles. The zero-order valence-corrected chi connectivity index (χ0v) is 12.2. The Balaban J connectivity index is 0.00000324. The topological polar surface area (TPSA) is 70.8 Å². The van der Waals surface area contributed by atoms with Crippen molar-refractivity contribution in [2.45, 2.75) is 19.4 Å². The van der Waals surface area contributed by atoms with Crippen LogP contribution in [0.1, 0.15) is 24.9 Å². The smallest absolute Gasteiger partial charge is 0.307 e. The quantitative estimate of drug-likeness (QED) is 0.812. The minimum absolute atomic E-state index is 0. The van der Waals surface area contributed by atoms with Crippen LogP contribution < -0.4 is 15.2 Å². The SMILES string of the molecule is CCOC(=O)C[C@@H](N)c1cc(OC)cc(OC)c1.Cl. The number of esters is 1. The molecule has 0 aliphatic carbocycles. The molecule has 1 atom stereocenters. The predicted molar refractivity (Wildman–Crippen MR) is 75.0 cm³/mol. The van der Waals surface area contributed by atoms with E-state index in [1.807, 2.05) is 0 Å². The number of methoxy groups -OCH3 is 2. The Hall–Kier alpha value is -1.46. The van der Waals surface area contributed by atoms with E-state index >= 15 is 0 Å².